The van der Waals surface area contributed by atoms with Gasteiger partial charge in [-0.15, -0.1) is 0 Å². The van der Waals surface area contributed by atoms with Crippen LogP contribution in [0.25, 0.3) is 0 Å². The highest BCUT2D eigenvalue weighted by Gasteiger charge is 2.61. The van der Waals surface area contributed by atoms with Crippen molar-refractivity contribution in [3.63, 3.8) is 0 Å². The lowest BCUT2D eigenvalue weighted by atomic mass is 9.85. The van der Waals surface area contributed by atoms with E-state index in [-0.39, 0.29) is 35.5 Å². The Labute approximate surface area is 114 Å². The van der Waals surface area contributed by atoms with Gasteiger partial charge in [0.05, 0.1) is 11.8 Å². The molecule has 4 atom stereocenters. The Morgan fingerprint density at radius 1 is 1.16 bits per heavy atom. The minimum atomic E-state index is -0.112. The largest absolute Gasteiger partial charge is 0.282 e. The predicted molar refractivity (Wildman–Crippen MR) is 73.0 cm³/mol. The Bertz CT molecular complexity index is 455. The summed E-state index contributed by atoms with van der Waals surface area (Å²) in [5.74, 6) is 0.715. The maximum absolute atomic E-state index is 12.5. The van der Waals surface area contributed by atoms with E-state index in [2.05, 4.69) is 32.1 Å². The van der Waals surface area contributed by atoms with Gasteiger partial charge in [-0.05, 0) is 12.3 Å². The molecule has 0 aromatic heterocycles. The zero-order chi connectivity index (χ0) is 13.7. The molecule has 0 aromatic carbocycles. The first kappa shape index (κ1) is 12.6. The van der Waals surface area contributed by atoms with Crippen molar-refractivity contribution < 1.29 is 9.59 Å². The molecule has 1 saturated carbocycles. The Hall–Kier alpha value is -1.38. The number of carbonyl (C=O) groups is 2. The lowest BCUT2D eigenvalue weighted by molar-refractivity contribution is -0.140. The van der Waals surface area contributed by atoms with Crippen LogP contribution in [0.15, 0.2) is 23.8 Å². The summed E-state index contributed by atoms with van der Waals surface area (Å²) in [6.07, 6.45) is 7.37. The molecule has 2 aliphatic carbocycles. The van der Waals surface area contributed by atoms with Gasteiger partial charge in [-0.1, -0.05) is 44.6 Å². The van der Waals surface area contributed by atoms with E-state index in [1.165, 1.54) is 10.5 Å². The normalized spacial score (nSPS) is 38.1. The topological polar surface area (TPSA) is 37.4 Å². The summed E-state index contributed by atoms with van der Waals surface area (Å²) in [5, 5.41) is 0. The van der Waals surface area contributed by atoms with Crippen LogP contribution in [0, 0.1) is 29.6 Å². The first-order valence-corrected chi connectivity index (χ1v) is 7.31. The SMILES string of the molecule is CCCN1C(=O)[C@@H]2C3C=CC(C3=CC(C)C)[C@@H]2C1=O. The molecule has 1 saturated heterocycles. The fourth-order valence-electron chi connectivity index (χ4n) is 3.92. The van der Waals surface area contributed by atoms with Crippen molar-refractivity contribution in [1.29, 1.82) is 0 Å². The van der Waals surface area contributed by atoms with E-state index in [9.17, 15) is 9.59 Å². The van der Waals surface area contributed by atoms with Crippen LogP contribution in [0.4, 0.5) is 0 Å². The second kappa shape index (κ2) is 4.32. The number of rotatable bonds is 3. The Morgan fingerprint density at radius 3 is 2.11 bits per heavy atom. The van der Waals surface area contributed by atoms with E-state index in [4.69, 9.17) is 0 Å². The number of imide groups is 1. The third-order valence-corrected chi connectivity index (χ3v) is 4.53. The van der Waals surface area contributed by atoms with Gasteiger partial charge in [0, 0.05) is 18.4 Å². The van der Waals surface area contributed by atoms with E-state index in [0.29, 0.717) is 12.5 Å². The number of carbonyl (C=O) groups excluding carboxylic acids is 2. The fraction of sp³-hybridized carbons (Fsp3) is 0.625. The van der Waals surface area contributed by atoms with Crippen LogP contribution in [0.3, 0.4) is 0 Å². The van der Waals surface area contributed by atoms with E-state index >= 15 is 0 Å². The minimum absolute atomic E-state index is 0.0587. The summed E-state index contributed by atoms with van der Waals surface area (Å²) < 4.78 is 0. The van der Waals surface area contributed by atoms with Gasteiger partial charge in [0.1, 0.15) is 0 Å². The summed E-state index contributed by atoms with van der Waals surface area (Å²) >= 11 is 0. The van der Waals surface area contributed by atoms with Gasteiger partial charge in [-0.3, -0.25) is 14.5 Å². The summed E-state index contributed by atoms with van der Waals surface area (Å²) in [6, 6.07) is 0. The quantitative estimate of drug-likeness (QED) is 0.576. The zero-order valence-corrected chi connectivity index (χ0v) is 11.8. The monoisotopic (exact) mass is 259 g/mol. The zero-order valence-electron chi connectivity index (χ0n) is 11.8. The summed E-state index contributed by atoms with van der Waals surface area (Å²) in [7, 11) is 0. The molecule has 1 aliphatic heterocycles. The van der Waals surface area contributed by atoms with Crippen LogP contribution in [0.1, 0.15) is 27.2 Å². The van der Waals surface area contributed by atoms with Gasteiger partial charge in [0.2, 0.25) is 11.8 Å². The van der Waals surface area contributed by atoms with Crippen molar-refractivity contribution in [3.8, 4) is 0 Å². The van der Waals surface area contributed by atoms with Crippen molar-refractivity contribution >= 4 is 11.8 Å². The molecule has 0 aromatic rings. The number of nitrogens with zero attached hydrogens (tertiary/aromatic N) is 1. The maximum Gasteiger partial charge on any atom is 0.234 e. The molecule has 0 radical (unpaired) electrons. The lowest BCUT2D eigenvalue weighted by Gasteiger charge is -2.18. The van der Waals surface area contributed by atoms with E-state index in [0.717, 1.165) is 6.42 Å². The molecule has 3 nitrogen and oxygen atoms in total. The first-order chi connectivity index (χ1) is 9.06. The van der Waals surface area contributed by atoms with Gasteiger partial charge in [0.25, 0.3) is 0 Å². The smallest absolute Gasteiger partial charge is 0.234 e. The van der Waals surface area contributed by atoms with Gasteiger partial charge >= 0.3 is 0 Å². The molecule has 2 amide bonds. The van der Waals surface area contributed by atoms with E-state index in [1.807, 2.05) is 6.92 Å². The van der Waals surface area contributed by atoms with Crippen molar-refractivity contribution in [3.05, 3.63) is 23.8 Å². The molecule has 102 valence electrons. The standard InChI is InChI=1S/C16H21NO2/c1-4-7-17-15(18)13-10-5-6-11(14(13)16(17)19)12(10)8-9(2)3/h5-6,8-11,13-14H,4,7H2,1-3H3/t10?,11?,13-,14+. The van der Waals surface area contributed by atoms with Crippen molar-refractivity contribution in [2.45, 2.75) is 27.2 Å². The highest BCUT2D eigenvalue weighted by molar-refractivity contribution is 6.07. The summed E-state index contributed by atoms with van der Waals surface area (Å²) in [4.78, 5) is 26.4. The van der Waals surface area contributed by atoms with E-state index < -0.39 is 0 Å². The van der Waals surface area contributed by atoms with Crippen LogP contribution >= 0.6 is 0 Å². The van der Waals surface area contributed by atoms with Crippen LogP contribution in [0.5, 0.6) is 0 Å². The average Bonchev–Trinajstić information content (AvgIpc) is 2.95. The van der Waals surface area contributed by atoms with Gasteiger partial charge in [0.15, 0.2) is 0 Å². The third-order valence-electron chi connectivity index (χ3n) is 4.53. The highest BCUT2D eigenvalue weighted by atomic mass is 16.2. The molecule has 2 bridgehead atoms. The number of allylic oxidation sites excluding steroid dienone is 4. The molecule has 3 rings (SSSR count). The minimum Gasteiger partial charge on any atom is -0.282 e. The van der Waals surface area contributed by atoms with Gasteiger partial charge < -0.3 is 0 Å². The Morgan fingerprint density at radius 2 is 1.68 bits per heavy atom. The average molecular weight is 259 g/mol. The van der Waals surface area contributed by atoms with Crippen LogP contribution in [0.2, 0.25) is 0 Å². The van der Waals surface area contributed by atoms with Crippen LogP contribution in [-0.4, -0.2) is 23.3 Å². The highest BCUT2D eigenvalue weighted by Crippen LogP contribution is 2.55. The second-order valence-corrected chi connectivity index (χ2v) is 6.23. The predicted octanol–water partition coefficient (Wildman–Crippen LogP) is 2.40. The molecule has 3 aliphatic rings. The molecule has 2 unspecified atom stereocenters. The van der Waals surface area contributed by atoms with Crippen molar-refractivity contribution in [1.82, 2.24) is 4.90 Å². The number of hydrogen-bond acceptors (Lipinski definition) is 2. The molecular formula is C16H21NO2. The molecule has 3 heteroatoms. The number of likely N-dealkylation sites (tertiary alicyclic amines) is 1. The third kappa shape index (κ3) is 1.63. The van der Waals surface area contributed by atoms with Gasteiger partial charge in [-0.25, -0.2) is 0 Å². The Balaban J connectivity index is 1.95. The van der Waals surface area contributed by atoms with Crippen LogP contribution < -0.4 is 0 Å². The van der Waals surface area contributed by atoms with E-state index in [1.54, 1.807) is 0 Å². The Kier molecular flexibility index (Phi) is 2.88. The number of fused-ring (bicyclic) bond motifs is 5. The molecule has 2 fully saturated rings. The second-order valence-electron chi connectivity index (χ2n) is 6.23. The molecule has 19 heavy (non-hydrogen) atoms. The lowest BCUT2D eigenvalue weighted by Crippen LogP contribution is -2.33. The van der Waals surface area contributed by atoms with Crippen molar-refractivity contribution in [2.75, 3.05) is 6.54 Å². The number of amides is 2. The molecule has 0 N–H and O–H groups in total. The van der Waals surface area contributed by atoms with Crippen molar-refractivity contribution in [2.24, 2.45) is 29.6 Å². The van der Waals surface area contributed by atoms with Crippen LogP contribution in [-0.2, 0) is 9.59 Å². The van der Waals surface area contributed by atoms with Gasteiger partial charge in [-0.2, -0.15) is 0 Å². The first-order valence-electron chi connectivity index (χ1n) is 7.31. The number of hydrogen-bond donors (Lipinski definition) is 0. The summed E-state index contributed by atoms with van der Waals surface area (Å²) in [5.41, 5.74) is 1.31. The molecular weight excluding hydrogens is 238 g/mol. The fourth-order valence-corrected chi connectivity index (χ4v) is 3.92. The maximum atomic E-state index is 12.5. The molecule has 1 heterocycles. The summed E-state index contributed by atoms with van der Waals surface area (Å²) in [6.45, 7) is 6.88. The molecule has 0 spiro atoms.